The molecule has 1 aliphatic rings. The highest BCUT2D eigenvalue weighted by molar-refractivity contribution is 5.77. The minimum Gasteiger partial charge on any atom is -0.347 e. The van der Waals surface area contributed by atoms with E-state index in [-0.39, 0.29) is 17.8 Å². The number of benzene rings is 2. The van der Waals surface area contributed by atoms with Crippen LogP contribution in [0.4, 0.5) is 4.39 Å². The van der Waals surface area contributed by atoms with Crippen LogP contribution in [0.3, 0.4) is 0 Å². The number of rotatable bonds is 9. The summed E-state index contributed by atoms with van der Waals surface area (Å²) >= 11 is 0. The van der Waals surface area contributed by atoms with E-state index < -0.39 is 5.66 Å². The van der Waals surface area contributed by atoms with Gasteiger partial charge in [-0.3, -0.25) is 4.79 Å². The summed E-state index contributed by atoms with van der Waals surface area (Å²) in [7, 11) is 0. The monoisotopic (exact) mass is 403 g/mol. The van der Waals surface area contributed by atoms with Gasteiger partial charge < -0.3 is 9.88 Å². The average molecular weight is 403 g/mol. The molecular weight excluding hydrogens is 381 g/mol. The second kappa shape index (κ2) is 8.46. The summed E-state index contributed by atoms with van der Waals surface area (Å²) in [5.41, 5.74) is 2.19. The lowest BCUT2D eigenvalue weighted by Gasteiger charge is -2.21. The fourth-order valence-electron chi connectivity index (χ4n) is 3.53. The van der Waals surface area contributed by atoms with Gasteiger partial charge in [0.2, 0.25) is 5.91 Å². The van der Waals surface area contributed by atoms with E-state index in [1.807, 2.05) is 28.8 Å². The van der Waals surface area contributed by atoms with Crippen molar-refractivity contribution >= 4 is 16.9 Å². The molecule has 0 fully saturated rings. The third-order valence-corrected chi connectivity index (χ3v) is 5.32. The lowest BCUT2D eigenvalue weighted by molar-refractivity contribution is -0.122. The van der Waals surface area contributed by atoms with Gasteiger partial charge in [0.05, 0.1) is 23.4 Å². The van der Waals surface area contributed by atoms with E-state index in [1.54, 1.807) is 18.5 Å². The van der Waals surface area contributed by atoms with Gasteiger partial charge in [-0.2, -0.15) is 10.2 Å². The topological polar surface area (TPSA) is 71.6 Å². The van der Waals surface area contributed by atoms with Crippen molar-refractivity contribution in [1.82, 2.24) is 14.9 Å². The van der Waals surface area contributed by atoms with Crippen molar-refractivity contribution in [2.24, 2.45) is 10.2 Å². The summed E-state index contributed by atoms with van der Waals surface area (Å²) in [5, 5.41) is 11.2. The molecule has 3 aromatic rings. The van der Waals surface area contributed by atoms with Gasteiger partial charge in [-0.1, -0.05) is 24.3 Å². The van der Waals surface area contributed by atoms with Crippen molar-refractivity contribution in [2.45, 2.75) is 43.9 Å². The van der Waals surface area contributed by atoms with Crippen LogP contribution in [0.5, 0.6) is 0 Å². The van der Waals surface area contributed by atoms with Gasteiger partial charge in [0.15, 0.2) is 5.66 Å². The first kappa shape index (κ1) is 19.8. The van der Waals surface area contributed by atoms with Crippen molar-refractivity contribution in [3.05, 3.63) is 66.2 Å². The van der Waals surface area contributed by atoms with Gasteiger partial charge in [0.1, 0.15) is 5.82 Å². The molecule has 1 unspecified atom stereocenters. The van der Waals surface area contributed by atoms with E-state index in [0.717, 1.165) is 16.6 Å². The van der Waals surface area contributed by atoms with Crippen LogP contribution in [0.1, 0.15) is 37.3 Å². The highest BCUT2D eigenvalue weighted by Crippen LogP contribution is 2.37. The van der Waals surface area contributed by atoms with E-state index in [4.69, 9.17) is 6.42 Å². The van der Waals surface area contributed by atoms with Gasteiger partial charge >= 0.3 is 0 Å². The van der Waals surface area contributed by atoms with Crippen LogP contribution in [-0.2, 0) is 11.3 Å². The largest absolute Gasteiger partial charge is 0.347 e. The number of nitrogens with zero attached hydrogens (tertiary/aromatic N) is 4. The molecular formula is C23H22FN5O. The normalized spacial score (nSPS) is 14.9. The maximum atomic E-state index is 13.4. The Kier molecular flexibility index (Phi) is 5.57. The van der Waals surface area contributed by atoms with Crippen LogP contribution in [0, 0.1) is 18.2 Å². The van der Waals surface area contributed by atoms with E-state index in [9.17, 15) is 9.18 Å². The molecule has 0 bridgehead atoms. The van der Waals surface area contributed by atoms with Gasteiger partial charge in [-0.15, -0.1) is 12.3 Å². The third kappa shape index (κ3) is 4.54. The highest BCUT2D eigenvalue weighted by atomic mass is 19.1. The van der Waals surface area contributed by atoms with E-state index >= 15 is 0 Å². The Morgan fingerprint density at radius 1 is 1.17 bits per heavy atom. The number of carbonyl (C=O) groups excluding carboxylic acids is 1. The fraction of sp³-hybridized carbons (Fsp3) is 0.304. The number of amides is 1. The molecule has 0 spiro atoms. The van der Waals surface area contributed by atoms with Gasteiger partial charge in [0.25, 0.3) is 0 Å². The zero-order valence-electron chi connectivity index (χ0n) is 16.5. The van der Waals surface area contributed by atoms with Gasteiger partial charge in [-0.25, -0.2) is 9.37 Å². The smallest absolute Gasteiger partial charge is 0.220 e. The Morgan fingerprint density at radius 2 is 1.93 bits per heavy atom. The van der Waals surface area contributed by atoms with E-state index in [0.29, 0.717) is 32.2 Å². The number of carbonyl (C=O) groups is 1. The van der Waals surface area contributed by atoms with Crippen molar-refractivity contribution < 1.29 is 9.18 Å². The van der Waals surface area contributed by atoms with Crippen LogP contribution >= 0.6 is 0 Å². The predicted octanol–water partition coefficient (Wildman–Crippen LogP) is 4.39. The molecule has 6 nitrogen and oxygen atoms in total. The number of halogens is 1. The number of para-hydroxylation sites is 2. The first-order valence-corrected chi connectivity index (χ1v) is 9.91. The number of fused-ring (bicyclic) bond motifs is 1. The first-order valence-electron chi connectivity index (χ1n) is 9.91. The van der Waals surface area contributed by atoms with Crippen LogP contribution in [0.25, 0.3) is 11.0 Å². The summed E-state index contributed by atoms with van der Waals surface area (Å²) < 4.78 is 15.4. The summed E-state index contributed by atoms with van der Waals surface area (Å²) in [6.45, 7) is 0.481. The molecule has 1 aliphatic heterocycles. The third-order valence-electron chi connectivity index (χ3n) is 5.32. The molecule has 1 N–H and O–H groups in total. The average Bonchev–Trinajstić information content (AvgIpc) is 3.43. The quantitative estimate of drug-likeness (QED) is 0.538. The maximum absolute atomic E-state index is 13.4. The second-order valence-corrected chi connectivity index (χ2v) is 7.44. The van der Waals surface area contributed by atoms with Gasteiger partial charge in [-0.05, 0) is 29.8 Å². The van der Waals surface area contributed by atoms with Crippen LogP contribution in [-0.4, -0.2) is 21.1 Å². The minimum atomic E-state index is -0.490. The van der Waals surface area contributed by atoms with E-state index in [1.165, 1.54) is 12.1 Å². The Morgan fingerprint density at radius 3 is 2.67 bits per heavy atom. The SMILES string of the molecule is C#CCCC1(CCC(=O)NC(Cn2cnc3ccccc32)c2ccc(F)cc2)N=N1. The summed E-state index contributed by atoms with van der Waals surface area (Å²) in [6.07, 6.45) is 9.15. The molecule has 0 saturated carbocycles. The molecule has 2 aromatic carbocycles. The molecule has 0 saturated heterocycles. The van der Waals surface area contributed by atoms with Crippen LogP contribution < -0.4 is 5.32 Å². The molecule has 7 heteroatoms. The Hall–Kier alpha value is -3.53. The minimum absolute atomic E-state index is 0.105. The van der Waals surface area contributed by atoms with Crippen molar-refractivity contribution in [1.29, 1.82) is 0 Å². The lowest BCUT2D eigenvalue weighted by Crippen LogP contribution is -2.32. The summed E-state index contributed by atoms with van der Waals surface area (Å²) in [5.74, 6) is 2.17. The predicted molar refractivity (Wildman–Crippen MR) is 112 cm³/mol. The standard InChI is InChI=1S/C23H22FN5O/c1-2-3-13-23(27-28-23)14-12-22(30)26-20(17-8-10-18(24)11-9-17)15-29-16-25-19-6-4-5-7-21(19)29/h1,4-11,16,20H,3,12-15H2,(H,26,30). The number of terminal acetylenes is 1. The van der Waals surface area contributed by atoms with Crippen molar-refractivity contribution in [3.8, 4) is 12.3 Å². The fourth-order valence-corrected chi connectivity index (χ4v) is 3.53. The molecule has 0 aliphatic carbocycles. The Bertz CT molecular complexity index is 1110. The molecule has 152 valence electrons. The Labute approximate surface area is 174 Å². The van der Waals surface area contributed by atoms with Crippen molar-refractivity contribution in [3.63, 3.8) is 0 Å². The molecule has 4 rings (SSSR count). The first-order chi connectivity index (χ1) is 14.6. The van der Waals surface area contributed by atoms with Crippen LogP contribution in [0.15, 0.2) is 65.1 Å². The molecule has 2 heterocycles. The van der Waals surface area contributed by atoms with Gasteiger partial charge in [0, 0.05) is 32.2 Å². The molecule has 1 amide bonds. The number of imidazole rings is 1. The summed E-state index contributed by atoms with van der Waals surface area (Å²) in [4.78, 5) is 17.1. The number of aromatic nitrogens is 2. The molecule has 1 aromatic heterocycles. The highest BCUT2D eigenvalue weighted by Gasteiger charge is 2.39. The zero-order valence-corrected chi connectivity index (χ0v) is 16.5. The molecule has 30 heavy (non-hydrogen) atoms. The maximum Gasteiger partial charge on any atom is 0.220 e. The van der Waals surface area contributed by atoms with E-state index in [2.05, 4.69) is 26.4 Å². The number of nitrogens with one attached hydrogen (secondary N) is 1. The van der Waals surface area contributed by atoms with Crippen molar-refractivity contribution in [2.75, 3.05) is 0 Å². The number of hydrogen-bond donors (Lipinski definition) is 1. The molecule has 1 atom stereocenters. The zero-order chi connectivity index (χ0) is 21.0. The number of hydrogen-bond acceptors (Lipinski definition) is 4. The summed E-state index contributed by atoms with van der Waals surface area (Å²) in [6, 6.07) is 13.7. The lowest BCUT2D eigenvalue weighted by atomic mass is 10.0. The second-order valence-electron chi connectivity index (χ2n) is 7.44. The van der Waals surface area contributed by atoms with Crippen LogP contribution in [0.2, 0.25) is 0 Å². The molecule has 0 radical (unpaired) electrons. The Balaban J connectivity index is 1.47.